The second-order valence-corrected chi connectivity index (χ2v) is 5.73. The Labute approximate surface area is 113 Å². The fourth-order valence-corrected chi connectivity index (χ4v) is 3.38. The molecule has 19 heavy (non-hydrogen) atoms. The van der Waals surface area contributed by atoms with Gasteiger partial charge in [-0.15, -0.1) is 0 Å². The van der Waals surface area contributed by atoms with Crippen LogP contribution in [0.15, 0.2) is 0 Å². The summed E-state index contributed by atoms with van der Waals surface area (Å²) in [6, 6.07) is 0. The van der Waals surface area contributed by atoms with Crippen molar-refractivity contribution in [1.29, 1.82) is 0 Å². The maximum Gasteiger partial charge on any atom is 0.307 e. The molecule has 0 bridgehead atoms. The van der Waals surface area contributed by atoms with E-state index in [9.17, 15) is 14.7 Å². The molecule has 5 nitrogen and oxygen atoms in total. The molecule has 2 rings (SSSR count). The minimum atomic E-state index is -0.822. The summed E-state index contributed by atoms with van der Waals surface area (Å²) < 4.78 is 5.26. The summed E-state index contributed by atoms with van der Waals surface area (Å²) in [5.74, 6) is -1.27. The van der Waals surface area contributed by atoms with Crippen molar-refractivity contribution in [2.24, 2.45) is 17.8 Å². The molecule has 1 amide bonds. The monoisotopic (exact) mass is 269 g/mol. The molecule has 2 aliphatic rings. The van der Waals surface area contributed by atoms with Crippen LogP contribution >= 0.6 is 0 Å². The number of hydrogen-bond donors (Lipinski definition) is 1. The van der Waals surface area contributed by atoms with E-state index in [2.05, 4.69) is 6.92 Å². The number of carboxylic acid groups (broad SMARTS) is 1. The van der Waals surface area contributed by atoms with Gasteiger partial charge in [0.05, 0.1) is 17.9 Å². The quantitative estimate of drug-likeness (QED) is 0.837. The number of carbonyl (C=O) groups excluding carboxylic acids is 1. The van der Waals surface area contributed by atoms with Crippen LogP contribution in [-0.2, 0) is 14.3 Å². The van der Waals surface area contributed by atoms with Gasteiger partial charge in [0.2, 0.25) is 5.91 Å². The highest BCUT2D eigenvalue weighted by atomic mass is 16.5. The molecular weight excluding hydrogens is 246 g/mol. The fourth-order valence-electron chi connectivity index (χ4n) is 3.38. The van der Waals surface area contributed by atoms with Crippen LogP contribution in [0, 0.1) is 17.8 Å². The number of methoxy groups -OCH3 is 1. The molecule has 1 saturated carbocycles. The lowest BCUT2D eigenvalue weighted by Gasteiger charge is -2.23. The van der Waals surface area contributed by atoms with Crippen molar-refractivity contribution in [3.8, 4) is 0 Å². The van der Waals surface area contributed by atoms with Crippen LogP contribution in [0.2, 0.25) is 0 Å². The SMILES string of the molecule is CCC1C[C@H](C(=O)N2CCC(OC)C2)[C@H](C(=O)O)C1. The Balaban J connectivity index is 2.03. The largest absolute Gasteiger partial charge is 0.481 e. The number of carboxylic acids is 1. The number of amides is 1. The van der Waals surface area contributed by atoms with E-state index in [1.807, 2.05) is 0 Å². The first-order valence-electron chi connectivity index (χ1n) is 7.11. The van der Waals surface area contributed by atoms with Crippen LogP contribution in [0.3, 0.4) is 0 Å². The maximum atomic E-state index is 12.5. The molecule has 4 atom stereocenters. The molecule has 2 unspecified atom stereocenters. The van der Waals surface area contributed by atoms with Gasteiger partial charge in [-0.1, -0.05) is 13.3 Å². The number of carbonyl (C=O) groups is 2. The van der Waals surface area contributed by atoms with Crippen LogP contribution in [0.5, 0.6) is 0 Å². The first-order valence-corrected chi connectivity index (χ1v) is 7.11. The summed E-state index contributed by atoms with van der Waals surface area (Å²) in [6.07, 6.45) is 3.28. The van der Waals surface area contributed by atoms with Gasteiger partial charge in [-0.2, -0.15) is 0 Å². The second-order valence-electron chi connectivity index (χ2n) is 5.73. The number of likely N-dealkylation sites (tertiary alicyclic amines) is 1. The minimum absolute atomic E-state index is 0.0166. The predicted octanol–water partition coefficient (Wildman–Crippen LogP) is 1.37. The topological polar surface area (TPSA) is 66.8 Å². The minimum Gasteiger partial charge on any atom is -0.481 e. The Bertz CT molecular complexity index is 357. The van der Waals surface area contributed by atoms with Gasteiger partial charge in [-0.05, 0) is 25.2 Å². The first-order chi connectivity index (χ1) is 9.06. The van der Waals surface area contributed by atoms with E-state index in [4.69, 9.17) is 4.74 Å². The number of rotatable bonds is 4. The molecule has 0 aromatic heterocycles. The number of hydrogen-bond acceptors (Lipinski definition) is 3. The first kappa shape index (κ1) is 14.3. The molecule has 0 radical (unpaired) electrons. The standard InChI is InChI=1S/C14H23NO4/c1-3-9-6-11(12(7-9)14(17)18)13(16)15-5-4-10(8-15)19-2/h9-12H,3-8H2,1-2H3,(H,17,18)/t9?,10?,11-,12+/m0/s1. The fraction of sp³-hybridized carbons (Fsp3) is 0.857. The molecule has 1 aliphatic carbocycles. The van der Waals surface area contributed by atoms with Gasteiger partial charge in [-0.3, -0.25) is 9.59 Å². The molecule has 108 valence electrons. The third-order valence-electron chi connectivity index (χ3n) is 4.66. The lowest BCUT2D eigenvalue weighted by molar-refractivity contribution is -0.148. The Morgan fingerprint density at radius 1 is 1.32 bits per heavy atom. The molecule has 5 heteroatoms. The van der Waals surface area contributed by atoms with Crippen LogP contribution in [0.4, 0.5) is 0 Å². The summed E-state index contributed by atoms with van der Waals surface area (Å²) in [5.41, 5.74) is 0. The predicted molar refractivity (Wildman–Crippen MR) is 69.6 cm³/mol. The Hall–Kier alpha value is -1.10. The van der Waals surface area contributed by atoms with E-state index in [0.717, 1.165) is 19.3 Å². The van der Waals surface area contributed by atoms with E-state index in [0.29, 0.717) is 25.4 Å². The molecule has 1 heterocycles. The highest BCUT2D eigenvalue weighted by Gasteiger charge is 2.44. The van der Waals surface area contributed by atoms with Crippen LogP contribution in [0.25, 0.3) is 0 Å². The van der Waals surface area contributed by atoms with Gasteiger partial charge >= 0.3 is 5.97 Å². The van der Waals surface area contributed by atoms with E-state index in [-0.39, 0.29) is 17.9 Å². The third-order valence-corrected chi connectivity index (χ3v) is 4.66. The average Bonchev–Trinajstić information content (AvgIpc) is 3.04. The van der Waals surface area contributed by atoms with Crippen molar-refractivity contribution in [3.05, 3.63) is 0 Å². The molecule has 0 aromatic rings. The van der Waals surface area contributed by atoms with E-state index < -0.39 is 11.9 Å². The number of nitrogens with zero attached hydrogens (tertiary/aromatic N) is 1. The molecule has 1 aliphatic heterocycles. The lowest BCUT2D eigenvalue weighted by atomic mass is 9.95. The summed E-state index contributed by atoms with van der Waals surface area (Å²) in [7, 11) is 1.65. The summed E-state index contributed by atoms with van der Waals surface area (Å²) in [6.45, 7) is 3.36. The average molecular weight is 269 g/mol. The maximum absolute atomic E-state index is 12.5. The van der Waals surface area contributed by atoms with Crippen molar-refractivity contribution in [2.75, 3.05) is 20.2 Å². The second kappa shape index (κ2) is 5.90. The Kier molecular flexibility index (Phi) is 4.45. The summed E-state index contributed by atoms with van der Waals surface area (Å²) in [4.78, 5) is 25.6. The lowest BCUT2D eigenvalue weighted by Crippen LogP contribution is -2.38. The zero-order valence-electron chi connectivity index (χ0n) is 11.7. The number of ether oxygens (including phenoxy) is 1. The van der Waals surface area contributed by atoms with E-state index in [1.54, 1.807) is 12.0 Å². The van der Waals surface area contributed by atoms with Gasteiger partial charge in [0.15, 0.2) is 0 Å². The van der Waals surface area contributed by atoms with Crippen LogP contribution in [0.1, 0.15) is 32.6 Å². The Morgan fingerprint density at radius 3 is 2.53 bits per heavy atom. The number of aliphatic carboxylic acids is 1. The smallest absolute Gasteiger partial charge is 0.307 e. The highest BCUT2D eigenvalue weighted by Crippen LogP contribution is 2.39. The van der Waals surface area contributed by atoms with E-state index in [1.165, 1.54) is 0 Å². The molecule has 2 fully saturated rings. The molecule has 0 spiro atoms. The summed E-state index contributed by atoms with van der Waals surface area (Å²) in [5, 5.41) is 9.29. The van der Waals surface area contributed by atoms with Crippen LogP contribution < -0.4 is 0 Å². The third kappa shape index (κ3) is 2.91. The van der Waals surface area contributed by atoms with Gasteiger partial charge in [-0.25, -0.2) is 0 Å². The molecule has 1 N–H and O–H groups in total. The van der Waals surface area contributed by atoms with Crippen molar-refractivity contribution >= 4 is 11.9 Å². The van der Waals surface area contributed by atoms with Crippen molar-refractivity contribution in [3.63, 3.8) is 0 Å². The zero-order valence-corrected chi connectivity index (χ0v) is 11.7. The van der Waals surface area contributed by atoms with Gasteiger partial charge in [0.1, 0.15) is 0 Å². The normalized spacial score (nSPS) is 34.7. The molecule has 0 aromatic carbocycles. The van der Waals surface area contributed by atoms with Gasteiger partial charge in [0.25, 0.3) is 0 Å². The Morgan fingerprint density at radius 2 is 2.00 bits per heavy atom. The zero-order chi connectivity index (χ0) is 14.0. The van der Waals surface area contributed by atoms with E-state index >= 15 is 0 Å². The van der Waals surface area contributed by atoms with Crippen molar-refractivity contribution in [1.82, 2.24) is 4.90 Å². The van der Waals surface area contributed by atoms with Crippen molar-refractivity contribution in [2.45, 2.75) is 38.7 Å². The van der Waals surface area contributed by atoms with Gasteiger partial charge < -0.3 is 14.7 Å². The summed E-state index contributed by atoms with van der Waals surface area (Å²) >= 11 is 0. The van der Waals surface area contributed by atoms with Crippen molar-refractivity contribution < 1.29 is 19.4 Å². The molecular formula is C14H23NO4. The molecule has 1 saturated heterocycles. The van der Waals surface area contributed by atoms with Gasteiger partial charge in [0, 0.05) is 20.2 Å². The highest BCUT2D eigenvalue weighted by molar-refractivity contribution is 5.85. The van der Waals surface area contributed by atoms with Crippen LogP contribution in [-0.4, -0.2) is 48.2 Å².